The zero-order valence-corrected chi connectivity index (χ0v) is 7.16. The summed E-state index contributed by atoms with van der Waals surface area (Å²) in [5.41, 5.74) is 1.65. The van der Waals surface area contributed by atoms with Crippen molar-refractivity contribution < 1.29 is 4.79 Å². The lowest BCUT2D eigenvalue weighted by atomic mass is 10.2. The quantitative estimate of drug-likeness (QED) is 0.608. The molecule has 0 saturated heterocycles. The molecular formula is C8H11N3O. The maximum Gasteiger partial charge on any atom is 0.269 e. The number of aromatic nitrogens is 2. The zero-order valence-electron chi connectivity index (χ0n) is 7.16. The minimum Gasteiger partial charge on any atom is -0.349 e. The number of rotatable bonds is 0. The van der Waals surface area contributed by atoms with Crippen LogP contribution in [0.5, 0.6) is 0 Å². The summed E-state index contributed by atoms with van der Waals surface area (Å²) in [6.07, 6.45) is 1.73. The maximum absolute atomic E-state index is 11.3. The second kappa shape index (κ2) is 2.33. The van der Waals surface area contributed by atoms with E-state index < -0.39 is 0 Å². The molecule has 0 radical (unpaired) electrons. The number of hydrogen-bond donors (Lipinski definition) is 1. The molecule has 1 aliphatic heterocycles. The number of nitrogens with zero attached hydrogens (tertiary/aromatic N) is 2. The van der Waals surface area contributed by atoms with E-state index in [2.05, 4.69) is 10.4 Å². The van der Waals surface area contributed by atoms with Crippen molar-refractivity contribution in [3.05, 3.63) is 17.5 Å². The summed E-state index contributed by atoms with van der Waals surface area (Å²) in [5, 5.41) is 6.96. The van der Waals surface area contributed by atoms with Gasteiger partial charge in [-0.2, -0.15) is 5.10 Å². The molecule has 4 heteroatoms. The number of aryl methyl sites for hydroxylation is 1. The molecule has 1 amide bonds. The molecule has 0 spiro atoms. The van der Waals surface area contributed by atoms with E-state index in [0.29, 0.717) is 12.2 Å². The fraction of sp³-hybridized carbons (Fsp3) is 0.500. The van der Waals surface area contributed by atoms with Crippen LogP contribution < -0.4 is 5.32 Å². The van der Waals surface area contributed by atoms with E-state index in [4.69, 9.17) is 0 Å². The van der Waals surface area contributed by atoms with Crippen molar-refractivity contribution in [1.82, 2.24) is 15.1 Å². The molecular weight excluding hydrogens is 154 g/mol. The van der Waals surface area contributed by atoms with Gasteiger partial charge in [0.05, 0.1) is 12.2 Å². The van der Waals surface area contributed by atoms with E-state index in [0.717, 1.165) is 5.56 Å². The fourth-order valence-electron chi connectivity index (χ4n) is 1.48. The third-order valence-corrected chi connectivity index (χ3v) is 2.17. The first-order valence-electron chi connectivity index (χ1n) is 4.02. The van der Waals surface area contributed by atoms with E-state index in [9.17, 15) is 4.79 Å². The fourth-order valence-corrected chi connectivity index (χ4v) is 1.48. The van der Waals surface area contributed by atoms with Gasteiger partial charge >= 0.3 is 0 Å². The Kier molecular flexibility index (Phi) is 1.43. The molecule has 2 rings (SSSR count). The smallest absolute Gasteiger partial charge is 0.269 e. The normalized spacial score (nSPS) is 21.8. The maximum atomic E-state index is 11.3. The van der Waals surface area contributed by atoms with Gasteiger partial charge in [-0.05, 0) is 19.4 Å². The minimum atomic E-state index is -0.0110. The third-order valence-electron chi connectivity index (χ3n) is 2.17. The molecule has 12 heavy (non-hydrogen) atoms. The highest BCUT2D eigenvalue weighted by Crippen LogP contribution is 2.16. The highest BCUT2D eigenvalue weighted by Gasteiger charge is 2.24. The molecule has 1 atom stereocenters. The topological polar surface area (TPSA) is 46.9 Å². The molecule has 0 saturated carbocycles. The van der Waals surface area contributed by atoms with Crippen LogP contribution in [0.4, 0.5) is 0 Å². The first-order chi connectivity index (χ1) is 5.70. The van der Waals surface area contributed by atoms with Gasteiger partial charge in [0.15, 0.2) is 0 Å². The summed E-state index contributed by atoms with van der Waals surface area (Å²) in [6.45, 7) is 4.61. The lowest BCUT2D eigenvalue weighted by Crippen LogP contribution is -2.38. The number of hydrogen-bond acceptors (Lipinski definition) is 2. The van der Waals surface area contributed by atoms with Gasteiger partial charge in [-0.25, -0.2) is 0 Å². The highest BCUT2D eigenvalue weighted by atomic mass is 16.2. The molecule has 0 fully saturated rings. The summed E-state index contributed by atoms with van der Waals surface area (Å²) in [7, 11) is 0. The molecule has 4 nitrogen and oxygen atoms in total. The summed E-state index contributed by atoms with van der Waals surface area (Å²) in [4.78, 5) is 11.3. The third kappa shape index (κ3) is 0.841. The summed E-state index contributed by atoms with van der Waals surface area (Å²) in [5.74, 6) is -0.0110. The van der Waals surface area contributed by atoms with E-state index >= 15 is 0 Å². The van der Waals surface area contributed by atoms with Crippen molar-refractivity contribution in [2.75, 3.05) is 6.54 Å². The monoisotopic (exact) mass is 165 g/mol. The van der Waals surface area contributed by atoms with E-state index in [1.54, 1.807) is 10.9 Å². The van der Waals surface area contributed by atoms with Crippen LogP contribution in [0.15, 0.2) is 6.20 Å². The van der Waals surface area contributed by atoms with Gasteiger partial charge in [0, 0.05) is 6.54 Å². The van der Waals surface area contributed by atoms with Crippen molar-refractivity contribution in [1.29, 1.82) is 0 Å². The van der Waals surface area contributed by atoms with Crippen molar-refractivity contribution in [3.8, 4) is 0 Å². The molecule has 0 aliphatic carbocycles. The van der Waals surface area contributed by atoms with Crippen LogP contribution in [0.3, 0.4) is 0 Å². The summed E-state index contributed by atoms with van der Waals surface area (Å²) in [6, 6.07) is 0.270. The molecule has 64 valence electrons. The molecule has 1 aromatic heterocycles. The van der Waals surface area contributed by atoms with Crippen LogP contribution in [-0.2, 0) is 0 Å². The molecule has 0 bridgehead atoms. The first-order valence-corrected chi connectivity index (χ1v) is 4.02. The van der Waals surface area contributed by atoms with Gasteiger partial charge in [0.1, 0.15) is 5.69 Å². The van der Waals surface area contributed by atoms with Crippen molar-refractivity contribution in [2.24, 2.45) is 0 Å². The minimum absolute atomic E-state index is 0.0110. The Morgan fingerprint density at radius 3 is 3.17 bits per heavy atom. The van der Waals surface area contributed by atoms with Crippen molar-refractivity contribution in [2.45, 2.75) is 19.9 Å². The molecule has 0 aromatic carbocycles. The largest absolute Gasteiger partial charge is 0.349 e. The second-order valence-electron chi connectivity index (χ2n) is 3.18. The highest BCUT2D eigenvalue weighted by molar-refractivity contribution is 5.94. The lowest BCUT2D eigenvalue weighted by Gasteiger charge is -2.21. The molecule has 1 aromatic rings. The van der Waals surface area contributed by atoms with Gasteiger partial charge in [0.25, 0.3) is 5.91 Å². The average Bonchev–Trinajstić information content (AvgIpc) is 2.42. The molecule has 1 aliphatic rings. The van der Waals surface area contributed by atoms with Crippen LogP contribution in [-0.4, -0.2) is 22.2 Å². The molecule has 2 heterocycles. The standard InChI is InChI=1S/C8H11N3O/c1-5-3-10-11-6(2)4-9-8(12)7(5)11/h3,6H,4H2,1-2H3,(H,9,12)/t6-/m0/s1. The number of carbonyl (C=O) groups is 1. The van der Waals surface area contributed by atoms with Crippen molar-refractivity contribution in [3.63, 3.8) is 0 Å². The number of amides is 1. The Balaban J connectivity index is 2.57. The summed E-state index contributed by atoms with van der Waals surface area (Å²) >= 11 is 0. The predicted molar refractivity (Wildman–Crippen MR) is 44.0 cm³/mol. The summed E-state index contributed by atoms with van der Waals surface area (Å²) < 4.78 is 1.79. The van der Waals surface area contributed by atoms with Crippen LogP contribution >= 0.6 is 0 Å². The van der Waals surface area contributed by atoms with Crippen LogP contribution in [0.1, 0.15) is 29.0 Å². The Labute approximate surface area is 70.6 Å². The first kappa shape index (κ1) is 7.34. The van der Waals surface area contributed by atoms with Crippen molar-refractivity contribution >= 4 is 5.91 Å². The van der Waals surface area contributed by atoms with Gasteiger partial charge in [-0.1, -0.05) is 0 Å². The number of carbonyl (C=O) groups excluding carboxylic acids is 1. The van der Waals surface area contributed by atoms with Gasteiger partial charge in [0.2, 0.25) is 0 Å². The van der Waals surface area contributed by atoms with Gasteiger partial charge < -0.3 is 5.32 Å². The van der Waals surface area contributed by atoms with Gasteiger partial charge in [-0.15, -0.1) is 0 Å². The molecule has 0 unspecified atom stereocenters. The zero-order chi connectivity index (χ0) is 8.72. The molecule has 1 N–H and O–H groups in total. The van der Waals surface area contributed by atoms with Crippen LogP contribution in [0.25, 0.3) is 0 Å². The van der Waals surface area contributed by atoms with Crippen LogP contribution in [0.2, 0.25) is 0 Å². The number of fused-ring (bicyclic) bond motifs is 1. The Morgan fingerprint density at radius 1 is 1.75 bits per heavy atom. The second-order valence-corrected chi connectivity index (χ2v) is 3.18. The Morgan fingerprint density at radius 2 is 2.50 bits per heavy atom. The van der Waals surface area contributed by atoms with E-state index in [1.807, 2.05) is 13.8 Å². The van der Waals surface area contributed by atoms with E-state index in [-0.39, 0.29) is 11.9 Å². The Hall–Kier alpha value is -1.32. The van der Waals surface area contributed by atoms with E-state index in [1.165, 1.54) is 0 Å². The van der Waals surface area contributed by atoms with Crippen LogP contribution in [0, 0.1) is 6.92 Å². The SMILES string of the molecule is Cc1cnn2c1C(=O)NC[C@@H]2C. The number of nitrogens with one attached hydrogen (secondary N) is 1. The predicted octanol–water partition coefficient (Wildman–Crippen LogP) is 0.496. The lowest BCUT2D eigenvalue weighted by molar-refractivity contribution is 0.0912. The van der Waals surface area contributed by atoms with Gasteiger partial charge in [-0.3, -0.25) is 9.48 Å². The Bertz CT molecular complexity index is 329. The average molecular weight is 165 g/mol.